The maximum atomic E-state index is 13.4. The first-order valence-corrected chi connectivity index (χ1v) is 11.0. The van der Waals surface area contributed by atoms with Crippen molar-refractivity contribution in [3.8, 4) is 11.3 Å². The molecule has 186 valence electrons. The van der Waals surface area contributed by atoms with Crippen LogP contribution in [0.2, 0.25) is 5.02 Å². The van der Waals surface area contributed by atoms with Gasteiger partial charge in [-0.05, 0) is 55.3 Å². The lowest BCUT2D eigenvalue weighted by Crippen LogP contribution is -2.12. The van der Waals surface area contributed by atoms with Crippen LogP contribution in [0.25, 0.3) is 11.3 Å². The van der Waals surface area contributed by atoms with Crippen molar-refractivity contribution in [1.82, 2.24) is 9.97 Å². The molecule has 0 amide bonds. The van der Waals surface area contributed by atoms with Crippen molar-refractivity contribution >= 4 is 29.3 Å². The molecule has 2 aromatic carbocycles. The number of carbonyl (C=O) groups is 1. The first-order chi connectivity index (χ1) is 16.2. The lowest BCUT2D eigenvalue weighted by Gasteiger charge is -2.14. The maximum Gasteiger partial charge on any atom is 0.416 e. The van der Waals surface area contributed by atoms with E-state index in [4.69, 9.17) is 11.6 Å². The van der Waals surface area contributed by atoms with Crippen molar-refractivity contribution in [2.45, 2.75) is 30.9 Å². The molecule has 0 bridgehead atoms. The zero-order valence-electron chi connectivity index (χ0n) is 17.6. The van der Waals surface area contributed by atoms with Crippen LogP contribution < -0.4 is 0 Å². The number of carboxylic acids is 1. The molecule has 3 aromatic rings. The second kappa shape index (κ2) is 10.0. The van der Waals surface area contributed by atoms with E-state index in [2.05, 4.69) is 9.97 Å². The molecule has 1 aromatic heterocycles. The van der Waals surface area contributed by atoms with E-state index in [1.54, 1.807) is 0 Å². The Morgan fingerprint density at radius 1 is 1.00 bits per heavy atom. The Hall–Kier alpha value is -2.86. The summed E-state index contributed by atoms with van der Waals surface area (Å²) < 4.78 is 91.8. The Labute approximate surface area is 203 Å². The summed E-state index contributed by atoms with van der Waals surface area (Å²) in [6.45, 7) is 1.39. The van der Waals surface area contributed by atoms with E-state index in [1.165, 1.54) is 13.0 Å². The molecular formula is C22H14ClF7N2O2S. The predicted molar refractivity (Wildman–Crippen MR) is 115 cm³/mol. The third kappa shape index (κ3) is 6.43. The molecule has 1 heterocycles. The van der Waals surface area contributed by atoms with Crippen molar-refractivity contribution in [2.75, 3.05) is 5.75 Å². The number of hydrogen-bond donors (Lipinski definition) is 1. The number of thioether (sulfide) groups is 1. The fourth-order valence-corrected chi connectivity index (χ4v) is 4.30. The highest BCUT2D eigenvalue weighted by atomic mass is 35.5. The van der Waals surface area contributed by atoms with Crippen LogP contribution in [0.5, 0.6) is 0 Å². The van der Waals surface area contributed by atoms with E-state index < -0.39 is 35.3 Å². The van der Waals surface area contributed by atoms with Crippen molar-refractivity contribution in [3.63, 3.8) is 0 Å². The lowest BCUT2D eigenvalue weighted by molar-refractivity contribution is -0.143. The van der Waals surface area contributed by atoms with Gasteiger partial charge < -0.3 is 5.11 Å². The molecule has 0 unspecified atom stereocenters. The molecule has 0 aliphatic heterocycles. The summed E-state index contributed by atoms with van der Waals surface area (Å²) in [5.41, 5.74) is -3.25. The van der Waals surface area contributed by atoms with Crippen molar-refractivity contribution < 1.29 is 40.6 Å². The van der Waals surface area contributed by atoms with Gasteiger partial charge in [0.05, 0.1) is 27.5 Å². The molecule has 0 saturated heterocycles. The van der Waals surface area contributed by atoms with Crippen LogP contribution in [-0.2, 0) is 18.8 Å². The Morgan fingerprint density at radius 2 is 1.60 bits per heavy atom. The second-order valence-electron chi connectivity index (χ2n) is 7.26. The van der Waals surface area contributed by atoms with Crippen LogP contribution >= 0.6 is 23.4 Å². The smallest absolute Gasteiger partial charge is 0.416 e. The number of halogens is 8. The fourth-order valence-electron chi connectivity index (χ4n) is 3.17. The Balaban J connectivity index is 1.91. The van der Waals surface area contributed by atoms with Crippen LogP contribution in [0.4, 0.5) is 30.7 Å². The van der Waals surface area contributed by atoms with Gasteiger partial charge >= 0.3 is 18.3 Å². The van der Waals surface area contributed by atoms with Gasteiger partial charge in [-0.2, -0.15) is 26.3 Å². The lowest BCUT2D eigenvalue weighted by atomic mass is 10.0. The summed E-state index contributed by atoms with van der Waals surface area (Å²) in [6, 6.07) is 4.59. The van der Waals surface area contributed by atoms with Gasteiger partial charge in [0.25, 0.3) is 0 Å². The number of aromatic carboxylic acids is 1. The van der Waals surface area contributed by atoms with Gasteiger partial charge in [0.2, 0.25) is 0 Å². The largest absolute Gasteiger partial charge is 0.478 e. The summed E-state index contributed by atoms with van der Waals surface area (Å²) in [7, 11) is 0. The zero-order chi connectivity index (χ0) is 26.1. The van der Waals surface area contributed by atoms with E-state index >= 15 is 0 Å². The van der Waals surface area contributed by atoms with Crippen LogP contribution in [0.1, 0.15) is 32.7 Å². The summed E-state index contributed by atoms with van der Waals surface area (Å²) in [6.07, 6.45) is -10.1. The summed E-state index contributed by atoms with van der Waals surface area (Å²) in [4.78, 5) is 20.0. The highest BCUT2D eigenvalue weighted by Gasteiger charge is 2.36. The van der Waals surface area contributed by atoms with Gasteiger partial charge in [0.15, 0.2) is 5.16 Å². The predicted octanol–water partition coefficient (Wildman–Crippen LogP) is 7.32. The van der Waals surface area contributed by atoms with E-state index in [0.717, 1.165) is 23.9 Å². The SMILES string of the molecule is Cc1nc(SCCc2cc(C(F)(F)F)cc(C(F)(F)F)c2)nc(-c2ccc(F)cc2Cl)c1C(=O)O. The molecule has 0 fully saturated rings. The summed E-state index contributed by atoms with van der Waals surface area (Å²) in [5, 5.41) is 9.48. The number of rotatable bonds is 6. The monoisotopic (exact) mass is 538 g/mol. The van der Waals surface area contributed by atoms with Crippen molar-refractivity contribution in [3.05, 3.63) is 75.2 Å². The molecule has 0 spiro atoms. The normalized spacial score (nSPS) is 12.1. The zero-order valence-corrected chi connectivity index (χ0v) is 19.1. The van der Waals surface area contributed by atoms with E-state index in [-0.39, 0.29) is 56.5 Å². The Kier molecular flexibility index (Phi) is 7.65. The van der Waals surface area contributed by atoms with E-state index in [9.17, 15) is 40.6 Å². The van der Waals surface area contributed by atoms with Crippen molar-refractivity contribution in [2.24, 2.45) is 0 Å². The first kappa shape index (κ1) is 26.7. The molecule has 0 saturated carbocycles. The topological polar surface area (TPSA) is 63.1 Å². The molecule has 0 aliphatic carbocycles. The van der Waals surface area contributed by atoms with Crippen molar-refractivity contribution in [1.29, 1.82) is 0 Å². The number of benzene rings is 2. The summed E-state index contributed by atoms with van der Waals surface area (Å²) >= 11 is 6.95. The summed E-state index contributed by atoms with van der Waals surface area (Å²) in [5.74, 6) is -2.03. The van der Waals surface area contributed by atoms with Crippen LogP contribution in [0.15, 0.2) is 41.6 Å². The molecule has 35 heavy (non-hydrogen) atoms. The minimum Gasteiger partial charge on any atom is -0.478 e. The van der Waals surface area contributed by atoms with Crippen LogP contribution in [0.3, 0.4) is 0 Å². The molecular weight excluding hydrogens is 525 g/mol. The molecule has 0 atom stereocenters. The van der Waals surface area contributed by atoms with Gasteiger partial charge in [-0.25, -0.2) is 19.2 Å². The van der Waals surface area contributed by atoms with Gasteiger partial charge in [0.1, 0.15) is 11.4 Å². The average Bonchev–Trinajstić information content (AvgIpc) is 2.71. The highest BCUT2D eigenvalue weighted by Crippen LogP contribution is 2.37. The Morgan fingerprint density at radius 3 is 2.11 bits per heavy atom. The van der Waals surface area contributed by atoms with E-state index in [0.29, 0.717) is 12.1 Å². The van der Waals surface area contributed by atoms with Crippen LogP contribution in [-0.4, -0.2) is 26.8 Å². The maximum absolute atomic E-state index is 13.4. The van der Waals surface area contributed by atoms with E-state index in [1.807, 2.05) is 0 Å². The first-order valence-electron chi connectivity index (χ1n) is 9.65. The van der Waals surface area contributed by atoms with Gasteiger partial charge in [-0.3, -0.25) is 0 Å². The average molecular weight is 539 g/mol. The highest BCUT2D eigenvalue weighted by molar-refractivity contribution is 7.99. The van der Waals surface area contributed by atoms with Crippen LogP contribution in [0, 0.1) is 12.7 Å². The molecule has 3 rings (SSSR count). The van der Waals surface area contributed by atoms with Gasteiger partial charge in [0, 0.05) is 11.3 Å². The number of alkyl halides is 6. The number of aryl methyl sites for hydroxylation is 2. The number of hydrogen-bond acceptors (Lipinski definition) is 4. The Bertz CT molecular complexity index is 1250. The second-order valence-corrected chi connectivity index (χ2v) is 8.73. The molecule has 0 radical (unpaired) electrons. The minimum atomic E-state index is -4.96. The molecule has 4 nitrogen and oxygen atoms in total. The van der Waals surface area contributed by atoms with Gasteiger partial charge in [-0.1, -0.05) is 23.4 Å². The van der Waals surface area contributed by atoms with Gasteiger partial charge in [-0.15, -0.1) is 0 Å². The number of carboxylic acid groups (broad SMARTS) is 1. The molecule has 1 N–H and O–H groups in total. The molecule has 0 aliphatic rings. The third-order valence-corrected chi connectivity index (χ3v) is 5.90. The standard InChI is InChI=1S/C22H14ClF7N2O2S/c1-10-17(19(33)34)18(15-3-2-14(24)9-16(15)23)32-20(31-10)35-5-4-11-6-12(21(25,26)27)8-13(7-11)22(28,29)30/h2-3,6-9H,4-5H2,1H3,(H,33,34). The fraction of sp³-hybridized carbons (Fsp3) is 0.227. The number of nitrogens with zero attached hydrogens (tertiary/aromatic N) is 2. The minimum absolute atomic E-state index is 0.0128. The quantitative estimate of drug-likeness (QED) is 0.202. The molecule has 13 heteroatoms. The number of aromatic nitrogens is 2. The third-order valence-electron chi connectivity index (χ3n) is 4.74.